The standard InChI is InChI=1S/C22H23N3O4S/c1-16-6-8-19(9-7-16)25-22(26)15-29-21-5-3-2-4-17(21)14-24-18-10-12-20(13-11-18)30(23,27)28/h2-13,24H,14-15H2,1H3,(H,25,26)(H2,23,27,28). The van der Waals surface area contributed by atoms with E-state index in [1.807, 2.05) is 49.4 Å². The monoisotopic (exact) mass is 425 g/mol. The lowest BCUT2D eigenvalue weighted by atomic mass is 10.2. The van der Waals surface area contributed by atoms with E-state index in [2.05, 4.69) is 10.6 Å². The van der Waals surface area contributed by atoms with Crippen molar-refractivity contribution in [3.8, 4) is 5.75 Å². The van der Waals surface area contributed by atoms with E-state index < -0.39 is 10.0 Å². The number of rotatable bonds is 8. The molecule has 156 valence electrons. The van der Waals surface area contributed by atoms with E-state index in [9.17, 15) is 13.2 Å². The fourth-order valence-corrected chi connectivity index (χ4v) is 3.24. The molecule has 0 aliphatic carbocycles. The van der Waals surface area contributed by atoms with Crippen LogP contribution in [0.15, 0.2) is 77.7 Å². The molecule has 0 spiro atoms. The number of primary sulfonamides is 1. The predicted molar refractivity (Wildman–Crippen MR) is 117 cm³/mol. The Kier molecular flexibility index (Phi) is 6.71. The highest BCUT2D eigenvalue weighted by Crippen LogP contribution is 2.20. The number of para-hydroxylation sites is 1. The topological polar surface area (TPSA) is 111 Å². The molecule has 0 aliphatic rings. The molecule has 8 heteroatoms. The molecule has 1 amide bonds. The molecule has 0 unspecified atom stereocenters. The molecule has 0 aromatic heterocycles. The zero-order chi connectivity index (χ0) is 21.6. The van der Waals surface area contributed by atoms with E-state index in [1.165, 1.54) is 12.1 Å². The zero-order valence-electron chi connectivity index (χ0n) is 16.5. The maximum atomic E-state index is 12.2. The van der Waals surface area contributed by atoms with E-state index in [0.717, 1.165) is 16.8 Å². The number of hydrogen-bond donors (Lipinski definition) is 3. The molecule has 0 atom stereocenters. The largest absolute Gasteiger partial charge is 0.483 e. The van der Waals surface area contributed by atoms with Gasteiger partial charge in [-0.25, -0.2) is 13.6 Å². The lowest BCUT2D eigenvalue weighted by molar-refractivity contribution is -0.118. The Bertz CT molecular complexity index is 1110. The molecule has 0 saturated heterocycles. The number of sulfonamides is 1. The minimum absolute atomic E-state index is 0.0522. The fourth-order valence-electron chi connectivity index (χ4n) is 2.73. The zero-order valence-corrected chi connectivity index (χ0v) is 17.3. The Morgan fingerprint density at radius 2 is 1.57 bits per heavy atom. The van der Waals surface area contributed by atoms with Crippen LogP contribution in [0, 0.1) is 6.92 Å². The van der Waals surface area contributed by atoms with Gasteiger partial charge < -0.3 is 15.4 Å². The summed E-state index contributed by atoms with van der Waals surface area (Å²) >= 11 is 0. The Balaban J connectivity index is 1.57. The predicted octanol–water partition coefficient (Wildman–Crippen LogP) is 3.27. The molecular formula is C22H23N3O4S. The molecule has 0 saturated carbocycles. The molecule has 4 N–H and O–H groups in total. The highest BCUT2D eigenvalue weighted by Gasteiger charge is 2.09. The van der Waals surface area contributed by atoms with Gasteiger partial charge in [-0.1, -0.05) is 35.9 Å². The number of carbonyl (C=O) groups excluding carboxylic acids is 1. The van der Waals surface area contributed by atoms with Crippen molar-refractivity contribution in [3.05, 3.63) is 83.9 Å². The number of anilines is 2. The molecule has 0 aliphatic heterocycles. The van der Waals surface area contributed by atoms with Gasteiger partial charge in [0.25, 0.3) is 5.91 Å². The molecule has 0 bridgehead atoms. The number of aryl methyl sites for hydroxylation is 1. The van der Waals surface area contributed by atoms with Crippen LogP contribution in [0.25, 0.3) is 0 Å². The van der Waals surface area contributed by atoms with E-state index in [1.54, 1.807) is 18.2 Å². The van der Waals surface area contributed by atoms with Crippen molar-refractivity contribution >= 4 is 27.3 Å². The van der Waals surface area contributed by atoms with Crippen LogP contribution in [0.2, 0.25) is 0 Å². The summed E-state index contributed by atoms with van der Waals surface area (Å²) in [5.74, 6) is 0.338. The molecular weight excluding hydrogens is 402 g/mol. The van der Waals surface area contributed by atoms with Crippen LogP contribution in [-0.4, -0.2) is 20.9 Å². The van der Waals surface area contributed by atoms with E-state index >= 15 is 0 Å². The normalized spacial score (nSPS) is 11.0. The van der Waals surface area contributed by atoms with Gasteiger partial charge >= 0.3 is 0 Å². The van der Waals surface area contributed by atoms with Gasteiger partial charge in [-0.2, -0.15) is 0 Å². The lowest BCUT2D eigenvalue weighted by Gasteiger charge is -2.13. The van der Waals surface area contributed by atoms with Crippen LogP contribution in [-0.2, 0) is 21.4 Å². The number of benzene rings is 3. The molecule has 30 heavy (non-hydrogen) atoms. The summed E-state index contributed by atoms with van der Waals surface area (Å²) in [6, 6.07) is 21.1. The van der Waals surface area contributed by atoms with Gasteiger partial charge in [0.15, 0.2) is 6.61 Å². The highest BCUT2D eigenvalue weighted by molar-refractivity contribution is 7.89. The van der Waals surface area contributed by atoms with Crippen LogP contribution >= 0.6 is 0 Å². The minimum atomic E-state index is -3.72. The first kappa shape index (κ1) is 21.4. The molecule has 3 aromatic rings. The number of hydrogen-bond acceptors (Lipinski definition) is 5. The molecule has 0 fully saturated rings. The average molecular weight is 426 g/mol. The number of amides is 1. The van der Waals surface area contributed by atoms with Gasteiger partial charge in [-0.3, -0.25) is 4.79 Å². The highest BCUT2D eigenvalue weighted by atomic mass is 32.2. The van der Waals surface area contributed by atoms with Gasteiger partial charge in [0.05, 0.1) is 4.90 Å². The maximum absolute atomic E-state index is 12.2. The quantitative estimate of drug-likeness (QED) is 0.513. The number of ether oxygens (including phenoxy) is 1. The molecule has 0 heterocycles. The molecule has 3 rings (SSSR count). The number of nitrogens with one attached hydrogen (secondary N) is 2. The third kappa shape index (κ3) is 6.07. The van der Waals surface area contributed by atoms with Gasteiger partial charge in [0.1, 0.15) is 5.75 Å². The molecule has 7 nitrogen and oxygen atoms in total. The van der Waals surface area contributed by atoms with Crippen LogP contribution in [0.1, 0.15) is 11.1 Å². The Morgan fingerprint density at radius 3 is 2.23 bits per heavy atom. The van der Waals surface area contributed by atoms with Crippen LogP contribution in [0.3, 0.4) is 0 Å². The van der Waals surface area contributed by atoms with Gasteiger partial charge in [-0.05, 0) is 49.4 Å². The first-order chi connectivity index (χ1) is 14.3. The summed E-state index contributed by atoms with van der Waals surface area (Å²) in [4.78, 5) is 12.2. The molecule has 3 aromatic carbocycles. The van der Waals surface area contributed by atoms with Gasteiger partial charge in [-0.15, -0.1) is 0 Å². The van der Waals surface area contributed by atoms with Crippen molar-refractivity contribution < 1.29 is 17.9 Å². The van der Waals surface area contributed by atoms with Gasteiger partial charge in [0, 0.05) is 23.5 Å². The van der Waals surface area contributed by atoms with E-state index in [-0.39, 0.29) is 17.4 Å². The maximum Gasteiger partial charge on any atom is 0.262 e. The average Bonchev–Trinajstić information content (AvgIpc) is 2.72. The summed E-state index contributed by atoms with van der Waals surface area (Å²) in [7, 11) is -3.72. The van der Waals surface area contributed by atoms with Crippen molar-refractivity contribution in [1.29, 1.82) is 0 Å². The molecule has 0 radical (unpaired) electrons. The van der Waals surface area contributed by atoms with E-state index in [4.69, 9.17) is 9.88 Å². The first-order valence-corrected chi connectivity index (χ1v) is 10.8. The van der Waals surface area contributed by atoms with Crippen LogP contribution in [0.5, 0.6) is 5.75 Å². The Hall–Kier alpha value is -3.36. The summed E-state index contributed by atoms with van der Waals surface area (Å²) < 4.78 is 28.4. The van der Waals surface area contributed by atoms with E-state index in [0.29, 0.717) is 18.0 Å². The minimum Gasteiger partial charge on any atom is -0.483 e. The van der Waals surface area contributed by atoms with Crippen molar-refractivity contribution in [2.24, 2.45) is 5.14 Å². The van der Waals surface area contributed by atoms with Crippen molar-refractivity contribution in [3.63, 3.8) is 0 Å². The van der Waals surface area contributed by atoms with Crippen molar-refractivity contribution in [2.75, 3.05) is 17.2 Å². The second-order valence-electron chi connectivity index (χ2n) is 6.73. The number of nitrogens with two attached hydrogens (primary N) is 1. The third-order valence-electron chi connectivity index (χ3n) is 4.33. The summed E-state index contributed by atoms with van der Waals surface area (Å²) in [5.41, 5.74) is 3.42. The summed E-state index contributed by atoms with van der Waals surface area (Å²) in [6.45, 7) is 2.30. The lowest BCUT2D eigenvalue weighted by Crippen LogP contribution is -2.20. The summed E-state index contributed by atoms with van der Waals surface area (Å²) in [6.07, 6.45) is 0. The second kappa shape index (κ2) is 9.43. The second-order valence-corrected chi connectivity index (χ2v) is 8.29. The number of carbonyl (C=O) groups is 1. The third-order valence-corrected chi connectivity index (χ3v) is 5.26. The summed E-state index contributed by atoms with van der Waals surface area (Å²) in [5, 5.41) is 11.1. The fraction of sp³-hybridized carbons (Fsp3) is 0.136. The SMILES string of the molecule is Cc1ccc(NC(=O)COc2ccccc2CNc2ccc(S(N)(=O)=O)cc2)cc1. The smallest absolute Gasteiger partial charge is 0.262 e. The van der Waals surface area contributed by atoms with Crippen molar-refractivity contribution in [1.82, 2.24) is 0 Å². The Morgan fingerprint density at radius 1 is 0.933 bits per heavy atom. The van der Waals surface area contributed by atoms with Gasteiger partial charge in [0.2, 0.25) is 10.0 Å². The Labute approximate surface area is 175 Å². The van der Waals surface area contributed by atoms with Crippen LogP contribution < -0.4 is 20.5 Å². The van der Waals surface area contributed by atoms with Crippen LogP contribution in [0.4, 0.5) is 11.4 Å². The first-order valence-electron chi connectivity index (χ1n) is 9.25. The van der Waals surface area contributed by atoms with Crippen molar-refractivity contribution in [2.45, 2.75) is 18.4 Å².